The third-order valence-electron chi connectivity index (χ3n) is 4.12. The van der Waals surface area contributed by atoms with E-state index in [0.717, 1.165) is 34.9 Å². The summed E-state index contributed by atoms with van der Waals surface area (Å²) in [5.41, 5.74) is 4.27. The molecule has 1 aliphatic rings. The van der Waals surface area contributed by atoms with Gasteiger partial charge in [-0.3, -0.25) is 4.79 Å². The van der Waals surface area contributed by atoms with Crippen molar-refractivity contribution in [3.8, 4) is 0 Å². The third kappa shape index (κ3) is 4.18. The van der Waals surface area contributed by atoms with Gasteiger partial charge >= 0.3 is 0 Å². The molecule has 1 N–H and O–H groups in total. The van der Waals surface area contributed by atoms with E-state index in [-0.39, 0.29) is 5.91 Å². The smallest absolute Gasteiger partial charge is 0.221 e. The van der Waals surface area contributed by atoms with Crippen molar-refractivity contribution in [2.24, 2.45) is 0 Å². The minimum absolute atomic E-state index is 0.0492. The minimum Gasteiger partial charge on any atom is -0.371 e. The fraction of sp³-hybridized carbons (Fsp3) is 0.250. The zero-order chi connectivity index (χ0) is 16.9. The van der Waals surface area contributed by atoms with Crippen LogP contribution in [-0.2, 0) is 4.79 Å². The summed E-state index contributed by atoms with van der Waals surface area (Å²) in [6.07, 6.45) is 6.63. The predicted molar refractivity (Wildman–Crippen MR) is 103 cm³/mol. The van der Waals surface area contributed by atoms with Crippen LogP contribution in [0.15, 0.2) is 42.5 Å². The Hall–Kier alpha value is -2.26. The lowest BCUT2D eigenvalue weighted by molar-refractivity contribution is -0.114. The fourth-order valence-corrected chi connectivity index (χ4v) is 3.08. The summed E-state index contributed by atoms with van der Waals surface area (Å²) in [5.74, 6) is -0.0492. The van der Waals surface area contributed by atoms with Crippen molar-refractivity contribution >= 4 is 41.0 Å². The van der Waals surface area contributed by atoms with Crippen molar-refractivity contribution in [3.63, 3.8) is 0 Å². The molecule has 3 rings (SSSR count). The first-order chi connectivity index (χ1) is 11.6. The van der Waals surface area contributed by atoms with E-state index in [9.17, 15) is 4.79 Å². The highest BCUT2D eigenvalue weighted by Gasteiger charge is 2.15. The van der Waals surface area contributed by atoms with Crippen LogP contribution < -0.4 is 10.2 Å². The van der Waals surface area contributed by atoms with E-state index in [2.05, 4.69) is 34.5 Å². The number of hydrogen-bond acceptors (Lipinski definition) is 2. The molecule has 4 heteroatoms. The van der Waals surface area contributed by atoms with Crippen LogP contribution in [0, 0.1) is 0 Å². The van der Waals surface area contributed by atoms with Crippen LogP contribution in [0.4, 0.5) is 11.4 Å². The van der Waals surface area contributed by atoms with Gasteiger partial charge in [0.2, 0.25) is 5.91 Å². The van der Waals surface area contributed by atoms with Crippen molar-refractivity contribution in [1.29, 1.82) is 0 Å². The number of hydrogen-bond donors (Lipinski definition) is 1. The van der Waals surface area contributed by atoms with Crippen LogP contribution in [0.5, 0.6) is 0 Å². The molecule has 24 heavy (non-hydrogen) atoms. The first-order valence-corrected chi connectivity index (χ1v) is 8.60. The lowest BCUT2D eigenvalue weighted by atomic mass is 10.1. The van der Waals surface area contributed by atoms with Gasteiger partial charge in [0, 0.05) is 36.4 Å². The second kappa shape index (κ2) is 7.54. The van der Waals surface area contributed by atoms with Crippen molar-refractivity contribution in [2.75, 3.05) is 23.3 Å². The maximum absolute atomic E-state index is 11.3. The predicted octanol–water partition coefficient (Wildman–Crippen LogP) is 5.07. The van der Waals surface area contributed by atoms with E-state index in [1.165, 1.54) is 25.5 Å². The molecule has 0 bridgehead atoms. The van der Waals surface area contributed by atoms with E-state index in [1.807, 2.05) is 30.3 Å². The minimum atomic E-state index is -0.0492. The molecule has 1 amide bonds. The second-order valence-corrected chi connectivity index (χ2v) is 6.47. The summed E-state index contributed by atoms with van der Waals surface area (Å²) in [5, 5.41) is 3.61. The van der Waals surface area contributed by atoms with Gasteiger partial charge in [-0.2, -0.15) is 0 Å². The third-order valence-corrected chi connectivity index (χ3v) is 4.37. The van der Waals surface area contributed by atoms with E-state index < -0.39 is 0 Å². The first kappa shape index (κ1) is 16.6. The molecule has 0 unspecified atom stereocenters. The number of anilines is 2. The van der Waals surface area contributed by atoms with Crippen LogP contribution in [0.2, 0.25) is 5.02 Å². The van der Waals surface area contributed by atoms with Gasteiger partial charge in [0.1, 0.15) is 0 Å². The lowest BCUT2D eigenvalue weighted by Crippen LogP contribution is -2.19. The molecule has 3 nitrogen and oxygen atoms in total. The molecular formula is C20H21ClN2O. The SMILES string of the molecule is CC(=O)Nc1ccc(C=Cc2ccc(Cl)cc2)c(N2CCCC2)c1. The molecule has 1 fully saturated rings. The second-order valence-electron chi connectivity index (χ2n) is 6.03. The zero-order valence-corrected chi connectivity index (χ0v) is 14.5. The topological polar surface area (TPSA) is 32.3 Å². The van der Waals surface area contributed by atoms with Crippen LogP contribution in [0.25, 0.3) is 12.2 Å². The maximum Gasteiger partial charge on any atom is 0.221 e. The number of halogens is 1. The Labute approximate surface area is 147 Å². The Morgan fingerprint density at radius 1 is 1.08 bits per heavy atom. The summed E-state index contributed by atoms with van der Waals surface area (Å²) in [6.45, 7) is 3.65. The standard InChI is InChI=1S/C20H21ClN2O/c1-15(24)22-19-11-8-17(20(14-19)23-12-2-3-13-23)7-4-16-5-9-18(21)10-6-16/h4-11,14H,2-3,12-13H2,1H3,(H,22,24). The van der Waals surface area contributed by atoms with Gasteiger partial charge < -0.3 is 10.2 Å². The molecule has 0 aromatic heterocycles. The summed E-state index contributed by atoms with van der Waals surface area (Å²) >= 11 is 5.93. The summed E-state index contributed by atoms with van der Waals surface area (Å²) < 4.78 is 0. The highest BCUT2D eigenvalue weighted by Crippen LogP contribution is 2.29. The largest absolute Gasteiger partial charge is 0.371 e. The van der Waals surface area contributed by atoms with Crippen LogP contribution in [0.3, 0.4) is 0 Å². The van der Waals surface area contributed by atoms with Gasteiger partial charge in [0.25, 0.3) is 0 Å². The monoisotopic (exact) mass is 340 g/mol. The molecule has 0 saturated carbocycles. The number of rotatable bonds is 4. The van der Waals surface area contributed by atoms with Gasteiger partial charge in [-0.25, -0.2) is 0 Å². The molecule has 2 aromatic carbocycles. The Bertz CT molecular complexity index is 747. The molecule has 0 spiro atoms. The van der Waals surface area contributed by atoms with Gasteiger partial charge in [0.15, 0.2) is 0 Å². The summed E-state index contributed by atoms with van der Waals surface area (Å²) in [4.78, 5) is 13.7. The number of nitrogens with zero attached hydrogens (tertiary/aromatic N) is 1. The van der Waals surface area contributed by atoms with E-state index in [0.29, 0.717) is 0 Å². The van der Waals surface area contributed by atoms with Crippen LogP contribution in [0.1, 0.15) is 30.9 Å². The van der Waals surface area contributed by atoms with Crippen LogP contribution >= 0.6 is 11.6 Å². The van der Waals surface area contributed by atoms with Crippen molar-refractivity contribution in [2.45, 2.75) is 19.8 Å². The number of carbonyl (C=O) groups excluding carboxylic acids is 1. The Balaban J connectivity index is 1.90. The molecule has 2 aromatic rings. The molecular weight excluding hydrogens is 320 g/mol. The van der Waals surface area contributed by atoms with E-state index in [4.69, 9.17) is 11.6 Å². The average Bonchev–Trinajstić information content (AvgIpc) is 3.09. The molecule has 1 aliphatic heterocycles. The first-order valence-electron chi connectivity index (χ1n) is 8.22. The van der Waals surface area contributed by atoms with Crippen molar-refractivity contribution in [3.05, 3.63) is 58.6 Å². The summed E-state index contributed by atoms with van der Waals surface area (Å²) in [6, 6.07) is 13.9. The molecule has 1 saturated heterocycles. The molecule has 0 atom stereocenters. The zero-order valence-electron chi connectivity index (χ0n) is 13.8. The highest BCUT2D eigenvalue weighted by molar-refractivity contribution is 6.30. The Kier molecular flexibility index (Phi) is 5.21. The average molecular weight is 341 g/mol. The quantitative estimate of drug-likeness (QED) is 0.788. The lowest BCUT2D eigenvalue weighted by Gasteiger charge is -2.21. The van der Waals surface area contributed by atoms with Gasteiger partial charge in [-0.05, 0) is 48.2 Å². The molecule has 124 valence electrons. The summed E-state index contributed by atoms with van der Waals surface area (Å²) in [7, 11) is 0. The number of nitrogens with one attached hydrogen (secondary N) is 1. The normalized spacial score (nSPS) is 14.3. The number of amides is 1. The van der Waals surface area contributed by atoms with Crippen molar-refractivity contribution in [1.82, 2.24) is 0 Å². The fourth-order valence-electron chi connectivity index (χ4n) is 2.96. The number of carbonyl (C=O) groups is 1. The maximum atomic E-state index is 11.3. The molecule has 1 heterocycles. The Morgan fingerprint density at radius 3 is 2.46 bits per heavy atom. The molecule has 0 aliphatic carbocycles. The number of benzene rings is 2. The van der Waals surface area contributed by atoms with E-state index >= 15 is 0 Å². The van der Waals surface area contributed by atoms with Gasteiger partial charge in [-0.1, -0.05) is 42.0 Å². The van der Waals surface area contributed by atoms with Gasteiger partial charge in [0.05, 0.1) is 0 Å². The highest BCUT2D eigenvalue weighted by atomic mass is 35.5. The van der Waals surface area contributed by atoms with Gasteiger partial charge in [-0.15, -0.1) is 0 Å². The Morgan fingerprint density at radius 2 is 1.79 bits per heavy atom. The van der Waals surface area contributed by atoms with E-state index in [1.54, 1.807) is 0 Å². The molecule has 0 radical (unpaired) electrons. The van der Waals surface area contributed by atoms with Crippen molar-refractivity contribution < 1.29 is 4.79 Å². The van der Waals surface area contributed by atoms with Crippen LogP contribution in [-0.4, -0.2) is 19.0 Å².